The van der Waals surface area contributed by atoms with E-state index in [1.165, 1.54) is 15.9 Å². The first-order valence-corrected chi connectivity index (χ1v) is 9.40. The van der Waals surface area contributed by atoms with Crippen LogP contribution in [0.2, 0.25) is 0 Å². The molecule has 3 aromatic rings. The van der Waals surface area contributed by atoms with Gasteiger partial charge in [0.05, 0.1) is 0 Å². The molecule has 0 aromatic heterocycles. The summed E-state index contributed by atoms with van der Waals surface area (Å²) < 4.78 is 0. The highest BCUT2D eigenvalue weighted by Crippen LogP contribution is 2.54. The van der Waals surface area contributed by atoms with Crippen LogP contribution in [0.3, 0.4) is 0 Å². The van der Waals surface area contributed by atoms with Crippen molar-refractivity contribution in [1.29, 1.82) is 0 Å². The Morgan fingerprint density at radius 2 is 0.818 bits per heavy atom. The topological polar surface area (TPSA) is 0 Å². The van der Waals surface area contributed by atoms with E-state index < -0.39 is 7.26 Å². The maximum absolute atomic E-state index is 2.32. The van der Waals surface area contributed by atoms with Gasteiger partial charge in [0, 0.05) is 0 Å². The molecule has 0 amide bonds. The molecule has 0 aliphatic heterocycles. The molecule has 0 atom stereocenters. The van der Waals surface area contributed by atoms with Crippen molar-refractivity contribution in [3.63, 3.8) is 0 Å². The molecule has 3 rings (SSSR count). The second-order valence-electron chi connectivity index (χ2n) is 5.13. The van der Waals surface area contributed by atoms with Gasteiger partial charge in [0.25, 0.3) is 0 Å². The van der Waals surface area contributed by atoms with Gasteiger partial charge in [-0.05, 0) is 29.3 Å². The smallest absolute Gasteiger partial charge is 0.0197 e. The molecule has 0 N–H and O–H groups in total. The molecule has 3 aromatic carbocycles. The van der Waals surface area contributed by atoms with Crippen molar-refractivity contribution >= 4 is 40.2 Å². The number of rotatable bonds is 4. The summed E-state index contributed by atoms with van der Waals surface area (Å²) in [6, 6.07) is 33.0. The lowest BCUT2D eigenvalue weighted by Gasteiger charge is -2.37. The molecule has 0 bridgehead atoms. The third-order valence-corrected chi connectivity index (χ3v) is 8.55. The molecule has 0 spiro atoms. The lowest BCUT2D eigenvalue weighted by atomic mass is 10.4. The highest BCUT2D eigenvalue weighted by atomic mass is 79.9. The number of hydrogen-bond acceptors (Lipinski definition) is 0. The Labute approximate surface area is 144 Å². The molecule has 0 fully saturated rings. The monoisotopic (exact) mass is 371 g/mol. The molecule has 0 unspecified atom stereocenters. The van der Waals surface area contributed by atoms with Gasteiger partial charge in [0.2, 0.25) is 0 Å². The van der Waals surface area contributed by atoms with Crippen LogP contribution in [0.1, 0.15) is 6.92 Å². The van der Waals surface area contributed by atoms with Crippen molar-refractivity contribution in [2.24, 2.45) is 0 Å². The van der Waals surface area contributed by atoms with Crippen LogP contribution in [-0.2, 0) is 0 Å². The summed E-state index contributed by atoms with van der Waals surface area (Å²) in [7, 11) is -1.53. The quantitative estimate of drug-likeness (QED) is 0.589. The van der Waals surface area contributed by atoms with Gasteiger partial charge >= 0.3 is 0 Å². The fourth-order valence-electron chi connectivity index (χ4n) is 3.04. The normalized spacial score (nSPS) is 10.8. The summed E-state index contributed by atoms with van der Waals surface area (Å²) in [5.74, 6) is 0. The summed E-state index contributed by atoms with van der Waals surface area (Å²) in [6.07, 6.45) is 1.14. The van der Waals surface area contributed by atoms with E-state index in [1.807, 2.05) is 0 Å². The van der Waals surface area contributed by atoms with E-state index in [9.17, 15) is 0 Å². The molecule has 113 valence electrons. The van der Waals surface area contributed by atoms with Crippen molar-refractivity contribution in [2.45, 2.75) is 6.92 Å². The Kier molecular flexibility index (Phi) is 5.94. The van der Waals surface area contributed by atoms with Crippen LogP contribution < -0.4 is 15.9 Å². The van der Waals surface area contributed by atoms with Crippen molar-refractivity contribution < 1.29 is 0 Å². The van der Waals surface area contributed by atoms with E-state index in [4.69, 9.17) is 0 Å². The van der Waals surface area contributed by atoms with E-state index in [-0.39, 0.29) is 17.0 Å². The van der Waals surface area contributed by atoms with E-state index in [0.717, 1.165) is 6.16 Å². The molecule has 0 nitrogen and oxygen atoms in total. The minimum atomic E-state index is -1.53. The van der Waals surface area contributed by atoms with Crippen LogP contribution in [0.5, 0.6) is 0 Å². The van der Waals surface area contributed by atoms with Gasteiger partial charge in [-0.3, -0.25) is 0 Å². The van der Waals surface area contributed by atoms with Crippen LogP contribution in [-0.4, -0.2) is 6.16 Å². The van der Waals surface area contributed by atoms with Gasteiger partial charge in [-0.25, -0.2) is 0 Å². The predicted octanol–water partition coefficient (Wildman–Crippen LogP) is 4.58. The van der Waals surface area contributed by atoms with Gasteiger partial charge in [-0.15, -0.1) is 17.0 Å². The first-order valence-electron chi connectivity index (χ1n) is 7.43. The summed E-state index contributed by atoms with van der Waals surface area (Å²) in [6.45, 7) is 2.32. The fourth-order valence-corrected chi connectivity index (χ4v) is 7.08. The number of halogens is 1. The van der Waals surface area contributed by atoms with Crippen LogP contribution in [0.4, 0.5) is 0 Å². The van der Waals surface area contributed by atoms with Crippen molar-refractivity contribution in [3.05, 3.63) is 91.0 Å². The van der Waals surface area contributed by atoms with Gasteiger partial charge in [0.15, 0.2) is 0 Å². The average Bonchev–Trinajstić information content (AvgIpc) is 2.59. The van der Waals surface area contributed by atoms with E-state index in [0.29, 0.717) is 0 Å². The first-order chi connectivity index (χ1) is 10.4. The largest absolute Gasteiger partial charge is 0.114 e. The molecule has 0 saturated heterocycles. The zero-order valence-corrected chi connectivity index (χ0v) is 15.3. The summed E-state index contributed by atoms with van der Waals surface area (Å²) in [5, 5.41) is 4.39. The highest BCUT2D eigenvalue weighted by molar-refractivity contribution is 8.93. The lowest BCUT2D eigenvalue weighted by Crippen LogP contribution is -2.32. The zero-order valence-electron chi connectivity index (χ0n) is 12.7. The van der Waals surface area contributed by atoms with Gasteiger partial charge in [0.1, 0.15) is 0 Å². The number of hydrogen-bond donors (Lipinski definition) is 0. The summed E-state index contributed by atoms with van der Waals surface area (Å²) in [4.78, 5) is 0. The second-order valence-corrected chi connectivity index (χ2v) is 8.93. The Hall–Kier alpha value is -1.43. The second kappa shape index (κ2) is 7.72. The first kappa shape index (κ1) is 16.9. The molecule has 0 saturated carbocycles. The Balaban J connectivity index is 0.00000176. The molecule has 1 radical (unpaired) electrons. The fraction of sp³-hybridized carbons (Fsp3) is 0.100. The molecule has 0 aliphatic carbocycles. The van der Waals surface area contributed by atoms with Gasteiger partial charge < -0.3 is 0 Å². The minimum absolute atomic E-state index is 0. The van der Waals surface area contributed by atoms with Gasteiger partial charge in [-0.2, -0.15) is 0 Å². The summed E-state index contributed by atoms with van der Waals surface area (Å²) >= 11 is 0. The van der Waals surface area contributed by atoms with E-state index in [2.05, 4.69) is 97.9 Å². The van der Waals surface area contributed by atoms with Crippen molar-refractivity contribution in [1.82, 2.24) is 0 Å². The van der Waals surface area contributed by atoms with E-state index >= 15 is 0 Å². The molecule has 0 heterocycles. The minimum Gasteiger partial charge on any atom is -0.114 e. The third kappa shape index (κ3) is 3.02. The summed E-state index contributed by atoms with van der Waals surface area (Å²) in [5.41, 5.74) is 0. The zero-order chi connectivity index (χ0) is 14.5. The average molecular weight is 372 g/mol. The number of benzene rings is 3. The van der Waals surface area contributed by atoms with Gasteiger partial charge in [-0.1, -0.05) is 97.9 Å². The molecule has 0 aliphatic rings. The highest BCUT2D eigenvalue weighted by Gasteiger charge is 2.31. The van der Waals surface area contributed by atoms with Crippen LogP contribution >= 0.6 is 24.2 Å². The third-order valence-electron chi connectivity index (χ3n) is 4.07. The molecular formula is C20H21BrP. The molecule has 2 heteroatoms. The standard InChI is InChI=1S/C20H20P.BrH/c1-2-21(18-12-6-3-7-13-18,19-14-8-4-9-15-19)20-16-10-5-11-17-20;/h3-17H,2H2,1H3;1H. The maximum Gasteiger partial charge on any atom is -0.0197 e. The molecular weight excluding hydrogens is 351 g/mol. The Morgan fingerprint density at radius 1 is 0.545 bits per heavy atom. The van der Waals surface area contributed by atoms with Crippen LogP contribution in [0.25, 0.3) is 0 Å². The maximum atomic E-state index is 2.32. The Morgan fingerprint density at radius 3 is 1.05 bits per heavy atom. The molecule has 22 heavy (non-hydrogen) atoms. The van der Waals surface area contributed by atoms with Crippen LogP contribution in [0.15, 0.2) is 91.0 Å². The van der Waals surface area contributed by atoms with Crippen LogP contribution in [0, 0.1) is 0 Å². The SMILES string of the molecule is Br.CC[P](c1ccccc1)(c1ccccc1)c1ccccc1. The van der Waals surface area contributed by atoms with Crippen molar-refractivity contribution in [3.8, 4) is 0 Å². The Bertz CT molecular complexity index is 584. The predicted molar refractivity (Wildman–Crippen MR) is 106 cm³/mol. The van der Waals surface area contributed by atoms with Crippen molar-refractivity contribution in [2.75, 3.05) is 6.16 Å². The lowest BCUT2D eigenvalue weighted by molar-refractivity contribution is 1.48. The van der Waals surface area contributed by atoms with E-state index in [1.54, 1.807) is 0 Å².